The van der Waals surface area contributed by atoms with Gasteiger partial charge < -0.3 is 10.6 Å². The molecule has 3 aromatic carbocycles. The lowest BCUT2D eigenvalue weighted by molar-refractivity contribution is -0.116. The van der Waals surface area contributed by atoms with Gasteiger partial charge >= 0.3 is 0 Å². The highest BCUT2D eigenvalue weighted by molar-refractivity contribution is 8.00. The first kappa shape index (κ1) is 25.5. The molecule has 0 aliphatic rings. The highest BCUT2D eigenvalue weighted by Gasteiger charge is 2.22. The van der Waals surface area contributed by atoms with Crippen molar-refractivity contribution in [2.75, 3.05) is 10.6 Å². The fourth-order valence-electron chi connectivity index (χ4n) is 3.18. The summed E-state index contributed by atoms with van der Waals surface area (Å²) in [5.74, 6) is -0.304. The number of carbonyl (C=O) groups is 2. The number of benzene rings is 3. The molecule has 178 valence electrons. The molecule has 0 aromatic heterocycles. The van der Waals surface area contributed by atoms with Gasteiger partial charge in [0.25, 0.3) is 0 Å². The van der Waals surface area contributed by atoms with Crippen molar-refractivity contribution in [1.29, 1.82) is 0 Å². The quantitative estimate of drug-likeness (QED) is 0.343. The van der Waals surface area contributed by atoms with E-state index in [1.165, 1.54) is 36.0 Å². The molecule has 0 radical (unpaired) electrons. The van der Waals surface area contributed by atoms with E-state index in [1.54, 1.807) is 0 Å². The Morgan fingerprint density at radius 2 is 1.62 bits per heavy atom. The lowest BCUT2D eigenvalue weighted by Gasteiger charge is -2.18. The Labute approximate surface area is 204 Å². The topological polar surface area (TPSA) is 118 Å². The second-order valence-electron chi connectivity index (χ2n) is 7.65. The van der Waals surface area contributed by atoms with Gasteiger partial charge in [-0.15, -0.1) is 11.8 Å². The predicted octanol–water partition coefficient (Wildman–Crippen LogP) is 4.93. The molecule has 2 amide bonds. The average Bonchev–Trinajstić information content (AvgIpc) is 2.81. The molecule has 0 fully saturated rings. The molecule has 3 aromatic rings. The van der Waals surface area contributed by atoms with Gasteiger partial charge in [0.2, 0.25) is 21.8 Å². The molecule has 0 saturated heterocycles. The first-order valence-electron chi connectivity index (χ1n) is 10.8. The smallest absolute Gasteiger partial charge is 0.242 e. The second kappa shape index (κ2) is 11.8. The lowest BCUT2D eigenvalue weighted by atomic mass is 10.1. The zero-order valence-corrected chi connectivity index (χ0v) is 20.4. The molecule has 0 aliphatic carbocycles. The molecule has 0 bridgehead atoms. The molecular formula is C25H27N3O4S2. The third kappa shape index (κ3) is 7.44. The van der Waals surface area contributed by atoms with Crippen LogP contribution < -0.4 is 15.8 Å². The number of hydrogen-bond acceptors (Lipinski definition) is 5. The number of carbonyl (C=O) groups excluding carboxylic acids is 2. The van der Waals surface area contributed by atoms with E-state index in [4.69, 9.17) is 5.14 Å². The number of nitrogens with two attached hydrogens (primary N) is 1. The maximum absolute atomic E-state index is 13.2. The molecule has 0 aliphatic heterocycles. The van der Waals surface area contributed by atoms with Gasteiger partial charge in [0.15, 0.2) is 0 Å². The van der Waals surface area contributed by atoms with Gasteiger partial charge in [-0.25, -0.2) is 13.6 Å². The monoisotopic (exact) mass is 497 g/mol. The molecule has 1 atom stereocenters. The summed E-state index contributed by atoms with van der Waals surface area (Å²) in [7, 11) is -3.81. The Morgan fingerprint density at radius 3 is 2.26 bits per heavy atom. The van der Waals surface area contributed by atoms with Gasteiger partial charge in [-0.2, -0.15) is 0 Å². The Morgan fingerprint density at radius 1 is 0.912 bits per heavy atom. The van der Waals surface area contributed by atoms with E-state index in [0.29, 0.717) is 17.8 Å². The minimum Gasteiger partial charge on any atom is -0.326 e. The molecule has 1 unspecified atom stereocenters. The largest absolute Gasteiger partial charge is 0.326 e. The van der Waals surface area contributed by atoms with Crippen molar-refractivity contribution in [2.45, 2.75) is 41.2 Å². The van der Waals surface area contributed by atoms with Crippen LogP contribution in [0, 0.1) is 0 Å². The summed E-state index contributed by atoms with van der Waals surface area (Å²) in [6, 6.07) is 22.4. The molecule has 0 heterocycles. The van der Waals surface area contributed by atoms with Gasteiger partial charge in [-0.3, -0.25) is 9.59 Å². The molecular weight excluding hydrogens is 470 g/mol. The number of primary sulfonamides is 1. The maximum atomic E-state index is 13.2. The number of unbranched alkanes of at least 4 members (excludes halogenated alkanes) is 1. The van der Waals surface area contributed by atoms with Crippen LogP contribution in [-0.2, 0) is 19.6 Å². The molecule has 0 saturated carbocycles. The molecule has 0 spiro atoms. The van der Waals surface area contributed by atoms with Gasteiger partial charge in [0.1, 0.15) is 5.25 Å². The minimum atomic E-state index is -3.81. The van der Waals surface area contributed by atoms with Gasteiger partial charge in [0, 0.05) is 22.7 Å². The van der Waals surface area contributed by atoms with E-state index in [2.05, 4.69) is 10.6 Å². The standard InChI is InChI=1S/C25H27N3O4S2/c1-2-3-12-23(29)27-20-10-7-11-21(17-20)33-24(18-8-5-4-6-9-18)25(30)28-19-13-15-22(16-14-19)34(26,31)32/h4-11,13-17,24H,2-3,12H2,1H3,(H,27,29)(H,28,30)(H2,26,31,32). The second-order valence-corrected chi connectivity index (χ2v) is 10.4. The molecule has 34 heavy (non-hydrogen) atoms. The van der Waals surface area contributed by atoms with Crippen LogP contribution in [0.3, 0.4) is 0 Å². The van der Waals surface area contributed by atoms with Crippen LogP contribution in [0.25, 0.3) is 0 Å². The zero-order valence-electron chi connectivity index (χ0n) is 18.7. The number of sulfonamides is 1. The fraction of sp³-hybridized carbons (Fsp3) is 0.200. The van der Waals surface area contributed by atoms with Crippen molar-refractivity contribution in [3.8, 4) is 0 Å². The van der Waals surface area contributed by atoms with E-state index >= 15 is 0 Å². The summed E-state index contributed by atoms with van der Waals surface area (Å²) in [6.45, 7) is 2.04. The van der Waals surface area contributed by atoms with Crippen molar-refractivity contribution in [1.82, 2.24) is 0 Å². The summed E-state index contributed by atoms with van der Waals surface area (Å²) in [4.78, 5) is 26.1. The highest BCUT2D eigenvalue weighted by Crippen LogP contribution is 2.37. The third-order valence-corrected chi connectivity index (χ3v) is 7.10. The van der Waals surface area contributed by atoms with Crippen LogP contribution in [0.15, 0.2) is 88.7 Å². The summed E-state index contributed by atoms with van der Waals surface area (Å²) in [5, 5.41) is 10.3. The van der Waals surface area contributed by atoms with E-state index in [1.807, 2.05) is 61.5 Å². The fourth-order valence-corrected chi connectivity index (χ4v) is 4.78. The van der Waals surface area contributed by atoms with Crippen LogP contribution in [0.5, 0.6) is 0 Å². The summed E-state index contributed by atoms with van der Waals surface area (Å²) >= 11 is 1.36. The van der Waals surface area contributed by atoms with Crippen LogP contribution >= 0.6 is 11.8 Å². The number of amides is 2. The maximum Gasteiger partial charge on any atom is 0.242 e. The predicted molar refractivity (Wildman–Crippen MR) is 136 cm³/mol. The molecule has 7 nitrogen and oxygen atoms in total. The van der Waals surface area contributed by atoms with Crippen LogP contribution in [0.1, 0.15) is 37.0 Å². The lowest BCUT2D eigenvalue weighted by Crippen LogP contribution is -2.19. The number of anilines is 2. The van der Waals surface area contributed by atoms with Crippen molar-refractivity contribution >= 4 is 45.0 Å². The van der Waals surface area contributed by atoms with E-state index in [9.17, 15) is 18.0 Å². The van der Waals surface area contributed by atoms with E-state index < -0.39 is 15.3 Å². The van der Waals surface area contributed by atoms with Crippen molar-refractivity contribution in [2.24, 2.45) is 5.14 Å². The molecule has 4 N–H and O–H groups in total. The third-order valence-electron chi connectivity index (χ3n) is 4.92. The van der Waals surface area contributed by atoms with Gasteiger partial charge in [-0.1, -0.05) is 49.7 Å². The Bertz CT molecular complexity index is 1230. The number of nitrogens with one attached hydrogen (secondary N) is 2. The first-order valence-corrected chi connectivity index (χ1v) is 13.2. The SMILES string of the molecule is CCCCC(=O)Nc1cccc(SC(C(=O)Nc2ccc(S(N)(=O)=O)cc2)c2ccccc2)c1. The average molecular weight is 498 g/mol. The van der Waals surface area contributed by atoms with Crippen LogP contribution in [-0.4, -0.2) is 20.2 Å². The normalized spacial score (nSPS) is 12.1. The number of rotatable bonds is 10. The first-order chi connectivity index (χ1) is 16.3. The Hall–Kier alpha value is -3.14. The Balaban J connectivity index is 1.79. The number of hydrogen-bond donors (Lipinski definition) is 3. The van der Waals surface area contributed by atoms with Crippen LogP contribution in [0.2, 0.25) is 0 Å². The molecule has 9 heteroatoms. The van der Waals surface area contributed by atoms with Crippen molar-refractivity contribution in [3.05, 3.63) is 84.4 Å². The highest BCUT2D eigenvalue weighted by atomic mass is 32.2. The summed E-state index contributed by atoms with van der Waals surface area (Å²) < 4.78 is 22.9. The van der Waals surface area contributed by atoms with Crippen molar-refractivity contribution in [3.63, 3.8) is 0 Å². The Kier molecular flexibility index (Phi) is 8.86. The van der Waals surface area contributed by atoms with Crippen LogP contribution in [0.4, 0.5) is 11.4 Å². The number of thioether (sulfide) groups is 1. The van der Waals surface area contributed by atoms with E-state index in [0.717, 1.165) is 23.3 Å². The van der Waals surface area contributed by atoms with Crippen molar-refractivity contribution < 1.29 is 18.0 Å². The van der Waals surface area contributed by atoms with E-state index in [-0.39, 0.29) is 16.7 Å². The minimum absolute atomic E-state index is 0.0303. The molecule has 3 rings (SSSR count). The summed E-state index contributed by atoms with van der Waals surface area (Å²) in [6.07, 6.45) is 2.24. The van der Waals surface area contributed by atoms with Gasteiger partial charge in [0.05, 0.1) is 4.90 Å². The summed E-state index contributed by atoms with van der Waals surface area (Å²) in [5.41, 5.74) is 1.94. The van der Waals surface area contributed by atoms with Gasteiger partial charge in [-0.05, 0) is 54.4 Å². The zero-order chi connectivity index (χ0) is 24.6.